The van der Waals surface area contributed by atoms with Gasteiger partial charge in [0.2, 0.25) is 0 Å². The Morgan fingerprint density at radius 3 is 1.37 bits per heavy atom. The summed E-state index contributed by atoms with van der Waals surface area (Å²) in [6, 6.07) is 18.9. The van der Waals surface area contributed by atoms with Crippen molar-refractivity contribution in [2.45, 2.75) is 0 Å². The number of nitriles is 4. The Kier molecular flexibility index (Phi) is 8.83. The first-order valence-corrected chi connectivity index (χ1v) is 17.6. The number of rotatable bonds is 3. The average molecular weight is 775 g/mol. The number of carbonyl (C=O) groups excluding carboxylic acids is 4. The Morgan fingerprint density at radius 2 is 1.04 bits per heavy atom. The molecule has 0 saturated heterocycles. The summed E-state index contributed by atoms with van der Waals surface area (Å²) in [5.74, 6) is -2.29. The fourth-order valence-corrected chi connectivity index (χ4v) is 8.58. The normalized spacial score (nSPS) is 16.5. The number of ketones is 4. The van der Waals surface area contributed by atoms with E-state index in [1.165, 1.54) is 24.3 Å². The molecule has 2 aromatic heterocycles. The molecule has 0 radical (unpaired) electrons. The van der Waals surface area contributed by atoms with Gasteiger partial charge in [-0.1, -0.05) is 0 Å². The Morgan fingerprint density at radius 1 is 0.667 bits per heavy atom. The maximum absolute atomic E-state index is 13.3. The molecule has 0 amide bonds. The Balaban J connectivity index is 1.31. The second-order valence-electron chi connectivity index (χ2n) is 11.6. The fraction of sp³-hybridized carbons (Fsp3) is 0. The lowest BCUT2D eigenvalue weighted by molar-refractivity contribution is 0.101. The predicted molar refractivity (Wildman–Crippen MR) is 204 cm³/mol. The lowest BCUT2D eigenvalue weighted by Crippen LogP contribution is -2.27. The molecule has 3 N–H and O–H groups in total. The first-order valence-electron chi connectivity index (χ1n) is 15.2. The number of nitrogens with zero attached hydrogens (tertiary/aromatic N) is 6. The number of nitrogens with one attached hydrogen (secondary N) is 1. The molecule has 0 fully saturated rings. The third-order valence-corrected chi connectivity index (χ3v) is 11.2. The van der Waals surface area contributed by atoms with Crippen LogP contribution in [0.3, 0.4) is 0 Å². The molecular formula is C38H14N8O4S4. The number of hydrogen-bond acceptors (Lipinski definition) is 16. The Labute approximate surface area is 322 Å². The SMILES string of the molecule is N#Cc1cc2c(cc1C#N)C(=O)C(=c1cc/c(=C\C3=C(N)C(N=S)=C(/C=c4\ccc(=C5C(=O)c6cc(C#N)c(C#N)cc6C5=O)s4)C(=N)C3=NS)s1)C2=O. The van der Waals surface area contributed by atoms with Crippen LogP contribution >= 0.6 is 35.5 Å². The molecule has 54 heavy (non-hydrogen) atoms. The topological polar surface area (TPSA) is 238 Å². The van der Waals surface area contributed by atoms with Crippen LogP contribution in [0, 0.1) is 50.7 Å². The number of nitrogens with two attached hydrogens (primary N) is 1. The van der Waals surface area contributed by atoms with Crippen molar-refractivity contribution in [2.75, 3.05) is 0 Å². The fourth-order valence-electron chi connectivity index (χ4n) is 6.20. The highest BCUT2D eigenvalue weighted by molar-refractivity contribution is 7.79. The van der Waals surface area contributed by atoms with Gasteiger partial charge < -0.3 is 5.73 Å². The highest BCUT2D eigenvalue weighted by Crippen LogP contribution is 2.32. The lowest BCUT2D eigenvalue weighted by atomic mass is 9.89. The zero-order valence-corrected chi connectivity index (χ0v) is 30.2. The second-order valence-corrected chi connectivity index (χ2v) is 14.2. The summed E-state index contributed by atoms with van der Waals surface area (Å²) in [7, 11) is 0. The molecule has 3 aliphatic rings. The number of Topliss-reactive ketones (excluding diaryl/α,β-unsaturated/α-hetero) is 4. The van der Waals surface area contributed by atoms with Crippen molar-refractivity contribution in [3.63, 3.8) is 0 Å². The molecule has 4 aromatic rings. The van der Waals surface area contributed by atoms with Crippen molar-refractivity contribution < 1.29 is 19.2 Å². The molecule has 7 rings (SSSR count). The lowest BCUT2D eigenvalue weighted by Gasteiger charge is -2.20. The van der Waals surface area contributed by atoms with Crippen LogP contribution in [0.4, 0.5) is 0 Å². The molecule has 0 unspecified atom stereocenters. The summed E-state index contributed by atoms with van der Waals surface area (Å²) in [4.78, 5) is 53.3. The second kappa shape index (κ2) is 13.5. The number of allylic oxidation sites excluding steroid dienone is 2. The molecule has 16 heteroatoms. The molecule has 0 spiro atoms. The number of carbonyl (C=O) groups is 4. The van der Waals surface area contributed by atoms with Gasteiger partial charge in [0.1, 0.15) is 35.7 Å². The number of hydrogen-bond donors (Lipinski definition) is 3. The monoisotopic (exact) mass is 774 g/mol. The minimum absolute atomic E-state index is 0.0116. The van der Waals surface area contributed by atoms with Gasteiger partial charge in [0.25, 0.3) is 0 Å². The van der Waals surface area contributed by atoms with E-state index in [-0.39, 0.29) is 89.6 Å². The minimum Gasteiger partial charge on any atom is -0.396 e. The number of thiophene rings is 2. The van der Waals surface area contributed by atoms with E-state index >= 15 is 0 Å². The van der Waals surface area contributed by atoms with Crippen LogP contribution in [-0.4, -0.2) is 34.6 Å². The minimum atomic E-state index is -0.574. The third kappa shape index (κ3) is 5.39. The highest BCUT2D eigenvalue weighted by Gasteiger charge is 2.37. The number of thiol groups is 1. The van der Waals surface area contributed by atoms with Crippen molar-refractivity contribution in [3.05, 3.63) is 134 Å². The molecule has 12 nitrogen and oxygen atoms in total. The number of benzene rings is 2. The molecular weight excluding hydrogens is 761 g/mol. The molecule has 0 saturated carbocycles. The highest BCUT2D eigenvalue weighted by atomic mass is 32.1. The van der Waals surface area contributed by atoms with E-state index in [1.54, 1.807) is 36.4 Å². The van der Waals surface area contributed by atoms with Gasteiger partial charge in [0, 0.05) is 64.0 Å². The maximum atomic E-state index is 13.3. The van der Waals surface area contributed by atoms with Gasteiger partial charge in [-0.05, 0) is 73.5 Å². The summed E-state index contributed by atoms with van der Waals surface area (Å²) in [6.07, 6.45) is 3.15. The van der Waals surface area contributed by atoms with Gasteiger partial charge in [-0.2, -0.15) is 25.4 Å². The van der Waals surface area contributed by atoms with Gasteiger partial charge in [-0.25, -0.2) is 4.40 Å². The van der Waals surface area contributed by atoms with E-state index in [2.05, 4.69) is 21.6 Å². The molecule has 254 valence electrons. The quantitative estimate of drug-likeness (QED) is 0.203. The summed E-state index contributed by atoms with van der Waals surface area (Å²) < 4.78 is 9.65. The van der Waals surface area contributed by atoms with Crippen molar-refractivity contribution in [1.29, 1.82) is 26.5 Å². The first-order chi connectivity index (χ1) is 26.0. The van der Waals surface area contributed by atoms with E-state index in [1.807, 2.05) is 24.3 Å². The van der Waals surface area contributed by atoms with Crippen molar-refractivity contribution in [2.24, 2.45) is 14.5 Å². The van der Waals surface area contributed by atoms with Crippen LogP contribution < -0.4 is 23.9 Å². The number of fused-ring (bicyclic) bond motifs is 2. The summed E-state index contributed by atoms with van der Waals surface area (Å²) in [5.41, 5.74) is 6.94. The van der Waals surface area contributed by atoms with Crippen LogP contribution in [0.25, 0.3) is 23.3 Å². The van der Waals surface area contributed by atoms with Gasteiger partial charge in [-0.3, -0.25) is 24.6 Å². The van der Waals surface area contributed by atoms with Crippen molar-refractivity contribution in [3.8, 4) is 24.3 Å². The maximum Gasteiger partial charge on any atom is 0.199 e. The largest absolute Gasteiger partial charge is 0.396 e. The van der Waals surface area contributed by atoms with Crippen LogP contribution in [0.2, 0.25) is 0 Å². The summed E-state index contributed by atoms with van der Waals surface area (Å²) >= 11 is 11.4. The Hall–Kier alpha value is -7.05. The first kappa shape index (κ1) is 35.4. The molecule has 0 bridgehead atoms. The third-order valence-electron chi connectivity index (χ3n) is 8.76. The van der Waals surface area contributed by atoms with Gasteiger partial charge >= 0.3 is 0 Å². The van der Waals surface area contributed by atoms with E-state index in [0.29, 0.717) is 18.1 Å². The average Bonchev–Trinajstić information content (AvgIpc) is 3.94. The van der Waals surface area contributed by atoms with Gasteiger partial charge in [0.05, 0.1) is 44.8 Å². The van der Waals surface area contributed by atoms with Crippen molar-refractivity contribution in [1.82, 2.24) is 0 Å². The van der Waals surface area contributed by atoms with Crippen LogP contribution in [-0.2, 0) is 12.4 Å². The standard InChI is InChI=1S/C38H14N8O4S4/c39-11-15-5-21-22(6-16(15)12-40)36(48)29(35(21)47)27-3-1-19(53-27)9-25-31(43)34(46-52)26(32(44)33(25)45-51)10-20-2-4-28(54-20)30-37(49)23-7-17(13-41)18(14-42)8-24(23)38(30)50/h1-10,43,52H,44H2/b19-9+,20-10+,43-31?,46-34?. The molecule has 2 aromatic carbocycles. The van der Waals surface area contributed by atoms with E-state index in [0.717, 1.165) is 22.7 Å². The zero-order valence-electron chi connectivity index (χ0n) is 26.8. The van der Waals surface area contributed by atoms with Crippen molar-refractivity contribution >= 4 is 106 Å². The molecule has 3 aliphatic carbocycles. The van der Waals surface area contributed by atoms with E-state index in [4.69, 9.17) is 23.6 Å². The summed E-state index contributed by atoms with van der Waals surface area (Å²) in [5, 5.41) is 46.6. The predicted octanol–water partition coefficient (Wildman–Crippen LogP) is 2.53. The van der Waals surface area contributed by atoms with Crippen LogP contribution in [0.5, 0.6) is 0 Å². The zero-order chi connectivity index (χ0) is 38.6. The van der Waals surface area contributed by atoms with Crippen LogP contribution in [0.1, 0.15) is 63.7 Å². The van der Waals surface area contributed by atoms with E-state index < -0.39 is 23.1 Å². The summed E-state index contributed by atoms with van der Waals surface area (Å²) in [6.45, 7) is 0. The molecule has 2 heterocycles. The smallest absolute Gasteiger partial charge is 0.199 e. The molecule has 0 atom stereocenters. The van der Waals surface area contributed by atoms with E-state index in [9.17, 15) is 40.2 Å². The van der Waals surface area contributed by atoms with Gasteiger partial charge in [0.15, 0.2) is 23.1 Å². The molecule has 0 aliphatic heterocycles. The Bertz CT molecular complexity index is 3020. The van der Waals surface area contributed by atoms with Crippen LogP contribution in [0.15, 0.2) is 79.8 Å². The van der Waals surface area contributed by atoms with Gasteiger partial charge in [-0.15, -0.1) is 22.7 Å².